The molecule has 0 saturated carbocycles. The Bertz CT molecular complexity index is 892. The second-order valence-electron chi connectivity index (χ2n) is 6.30. The van der Waals surface area contributed by atoms with Crippen molar-refractivity contribution in [2.75, 3.05) is 6.61 Å². The second kappa shape index (κ2) is 7.26. The highest BCUT2D eigenvalue weighted by Gasteiger charge is 2.44. The Labute approximate surface area is 154 Å². The SMILES string of the molecule is OC[C@H]1O[C@@H](Oc2ccccc2-c2nc3ccccc3o2)[C@H](O)[C@@H](O)[C@@H]1O. The summed E-state index contributed by atoms with van der Waals surface area (Å²) < 4.78 is 16.9. The lowest BCUT2D eigenvalue weighted by molar-refractivity contribution is -0.277. The zero-order valence-electron chi connectivity index (χ0n) is 14.2. The lowest BCUT2D eigenvalue weighted by atomic mass is 9.99. The number of aliphatic hydroxyl groups excluding tert-OH is 4. The van der Waals surface area contributed by atoms with Gasteiger partial charge in [0.05, 0.1) is 12.2 Å². The van der Waals surface area contributed by atoms with Gasteiger partial charge in [0.2, 0.25) is 12.2 Å². The van der Waals surface area contributed by atoms with Gasteiger partial charge in [0.25, 0.3) is 0 Å². The molecule has 142 valence electrons. The van der Waals surface area contributed by atoms with Gasteiger partial charge < -0.3 is 34.3 Å². The standard InChI is InChI=1S/C19H19NO7/c21-9-14-15(22)16(23)17(24)19(27-14)26-12-7-3-1-5-10(12)18-20-11-6-2-4-8-13(11)25-18/h1-8,14-17,19,21-24H,9H2/t14-,15-,16+,17-,19-/m1/s1. The number of nitrogens with zero attached hydrogens (tertiary/aromatic N) is 1. The van der Waals surface area contributed by atoms with Crippen molar-refractivity contribution in [3.63, 3.8) is 0 Å². The third-order valence-electron chi connectivity index (χ3n) is 4.50. The number of fused-ring (bicyclic) bond motifs is 1. The predicted octanol–water partition coefficient (Wildman–Crippen LogP) is 0.673. The molecule has 0 unspecified atom stereocenters. The molecule has 1 aliphatic heterocycles. The van der Waals surface area contributed by atoms with Crippen LogP contribution in [-0.2, 0) is 4.74 Å². The smallest absolute Gasteiger partial charge is 0.231 e. The third kappa shape index (κ3) is 3.29. The summed E-state index contributed by atoms with van der Waals surface area (Å²) in [5, 5.41) is 39.3. The van der Waals surface area contributed by atoms with Crippen molar-refractivity contribution in [1.29, 1.82) is 0 Å². The molecule has 0 spiro atoms. The summed E-state index contributed by atoms with van der Waals surface area (Å²) in [6, 6.07) is 14.2. The zero-order chi connectivity index (χ0) is 19.0. The molecule has 1 aliphatic rings. The van der Waals surface area contributed by atoms with Gasteiger partial charge in [0.1, 0.15) is 35.7 Å². The topological polar surface area (TPSA) is 125 Å². The molecule has 0 amide bonds. The van der Waals surface area contributed by atoms with Gasteiger partial charge in [-0.05, 0) is 24.3 Å². The molecule has 0 radical (unpaired) electrons. The fourth-order valence-corrected chi connectivity index (χ4v) is 3.02. The van der Waals surface area contributed by atoms with Crippen LogP contribution in [0.1, 0.15) is 0 Å². The van der Waals surface area contributed by atoms with Gasteiger partial charge in [-0.2, -0.15) is 0 Å². The summed E-state index contributed by atoms with van der Waals surface area (Å²) in [6.07, 6.45) is -6.80. The molecule has 3 aromatic rings. The van der Waals surface area contributed by atoms with E-state index in [0.717, 1.165) is 0 Å². The van der Waals surface area contributed by atoms with Crippen LogP contribution in [0.4, 0.5) is 0 Å². The second-order valence-corrected chi connectivity index (χ2v) is 6.30. The lowest BCUT2D eigenvalue weighted by Crippen LogP contribution is -2.60. The number of oxazole rings is 1. The number of benzene rings is 2. The largest absolute Gasteiger partial charge is 0.461 e. The molecule has 5 atom stereocenters. The number of ether oxygens (including phenoxy) is 2. The summed E-state index contributed by atoms with van der Waals surface area (Å²) in [5.41, 5.74) is 1.84. The van der Waals surface area contributed by atoms with Gasteiger partial charge in [-0.15, -0.1) is 0 Å². The fourth-order valence-electron chi connectivity index (χ4n) is 3.02. The molecule has 1 fully saturated rings. The number of hydrogen-bond acceptors (Lipinski definition) is 8. The molecule has 8 heteroatoms. The molecule has 4 N–H and O–H groups in total. The number of para-hydroxylation sites is 3. The van der Waals surface area contributed by atoms with Crippen molar-refractivity contribution in [2.24, 2.45) is 0 Å². The number of hydrogen-bond donors (Lipinski definition) is 4. The summed E-state index contributed by atoms with van der Waals surface area (Å²) in [4.78, 5) is 4.43. The predicted molar refractivity (Wildman–Crippen MR) is 93.8 cm³/mol. The van der Waals surface area contributed by atoms with E-state index in [4.69, 9.17) is 13.9 Å². The van der Waals surface area contributed by atoms with Gasteiger partial charge >= 0.3 is 0 Å². The molecule has 4 rings (SSSR count). The normalized spacial score (nSPS) is 28.4. The van der Waals surface area contributed by atoms with Crippen molar-refractivity contribution in [3.8, 4) is 17.2 Å². The van der Waals surface area contributed by atoms with Crippen molar-refractivity contribution >= 4 is 11.1 Å². The summed E-state index contributed by atoms with van der Waals surface area (Å²) in [6.45, 7) is -0.530. The molecule has 2 aromatic carbocycles. The van der Waals surface area contributed by atoms with Crippen LogP contribution in [-0.4, -0.2) is 62.7 Å². The van der Waals surface area contributed by atoms with Crippen molar-refractivity contribution in [2.45, 2.75) is 30.7 Å². The summed E-state index contributed by atoms with van der Waals surface area (Å²) >= 11 is 0. The van der Waals surface area contributed by atoms with E-state index in [1.807, 2.05) is 18.2 Å². The van der Waals surface area contributed by atoms with Crippen molar-refractivity contribution in [3.05, 3.63) is 48.5 Å². The minimum atomic E-state index is -1.52. The number of rotatable bonds is 4. The molecule has 1 saturated heterocycles. The quantitative estimate of drug-likeness (QED) is 0.526. The molecule has 0 bridgehead atoms. The third-order valence-corrected chi connectivity index (χ3v) is 4.50. The van der Waals surface area contributed by atoms with Crippen LogP contribution in [0.3, 0.4) is 0 Å². The molecule has 2 heterocycles. The van der Waals surface area contributed by atoms with Crippen LogP contribution < -0.4 is 4.74 Å². The Hall–Kier alpha value is -2.49. The average Bonchev–Trinajstić information content (AvgIpc) is 3.13. The highest BCUT2D eigenvalue weighted by atomic mass is 16.7. The van der Waals surface area contributed by atoms with E-state index in [0.29, 0.717) is 28.3 Å². The van der Waals surface area contributed by atoms with E-state index >= 15 is 0 Å². The first-order chi connectivity index (χ1) is 13.1. The zero-order valence-corrected chi connectivity index (χ0v) is 14.2. The van der Waals surface area contributed by atoms with Crippen molar-refractivity contribution < 1.29 is 34.3 Å². The Balaban J connectivity index is 1.65. The van der Waals surface area contributed by atoms with Gasteiger partial charge in [-0.25, -0.2) is 4.98 Å². The van der Waals surface area contributed by atoms with E-state index in [2.05, 4.69) is 4.98 Å². The first-order valence-electron chi connectivity index (χ1n) is 8.50. The first-order valence-corrected chi connectivity index (χ1v) is 8.50. The number of aliphatic hydroxyl groups is 4. The molecule has 1 aromatic heterocycles. The Kier molecular flexibility index (Phi) is 4.81. The summed E-state index contributed by atoms with van der Waals surface area (Å²) in [5.74, 6) is 0.643. The van der Waals surface area contributed by atoms with Crippen molar-refractivity contribution in [1.82, 2.24) is 4.98 Å². The van der Waals surface area contributed by atoms with Crippen LogP contribution in [0, 0.1) is 0 Å². The Morgan fingerprint density at radius 1 is 0.926 bits per heavy atom. The van der Waals surface area contributed by atoms with Crippen LogP contribution >= 0.6 is 0 Å². The maximum atomic E-state index is 10.2. The average molecular weight is 373 g/mol. The monoisotopic (exact) mass is 373 g/mol. The molecule has 8 nitrogen and oxygen atoms in total. The van der Waals surface area contributed by atoms with E-state index < -0.39 is 37.3 Å². The van der Waals surface area contributed by atoms with Gasteiger partial charge in [0, 0.05) is 0 Å². The molecular formula is C19H19NO7. The van der Waals surface area contributed by atoms with E-state index in [1.54, 1.807) is 30.3 Å². The van der Waals surface area contributed by atoms with Crippen LogP contribution in [0.2, 0.25) is 0 Å². The lowest BCUT2D eigenvalue weighted by Gasteiger charge is -2.39. The first kappa shape index (κ1) is 17.9. The van der Waals surface area contributed by atoms with Crippen LogP contribution in [0.5, 0.6) is 5.75 Å². The maximum absolute atomic E-state index is 10.2. The van der Waals surface area contributed by atoms with Crippen LogP contribution in [0.15, 0.2) is 52.9 Å². The highest BCUT2D eigenvalue weighted by Crippen LogP contribution is 2.34. The highest BCUT2D eigenvalue weighted by molar-refractivity contribution is 5.77. The summed E-state index contributed by atoms with van der Waals surface area (Å²) in [7, 11) is 0. The number of aromatic nitrogens is 1. The van der Waals surface area contributed by atoms with E-state index in [-0.39, 0.29) is 0 Å². The molecular weight excluding hydrogens is 354 g/mol. The van der Waals surface area contributed by atoms with Gasteiger partial charge in [-0.1, -0.05) is 24.3 Å². The van der Waals surface area contributed by atoms with Crippen LogP contribution in [0.25, 0.3) is 22.6 Å². The fraction of sp³-hybridized carbons (Fsp3) is 0.316. The minimum absolute atomic E-state index is 0.313. The van der Waals surface area contributed by atoms with Gasteiger partial charge in [-0.3, -0.25) is 0 Å². The Morgan fingerprint density at radius 3 is 2.44 bits per heavy atom. The Morgan fingerprint density at radius 2 is 1.67 bits per heavy atom. The van der Waals surface area contributed by atoms with E-state index in [1.165, 1.54) is 0 Å². The minimum Gasteiger partial charge on any atom is -0.461 e. The molecule has 27 heavy (non-hydrogen) atoms. The molecule has 0 aliphatic carbocycles. The maximum Gasteiger partial charge on any atom is 0.231 e. The van der Waals surface area contributed by atoms with E-state index in [9.17, 15) is 20.4 Å². The van der Waals surface area contributed by atoms with Gasteiger partial charge in [0.15, 0.2) is 5.58 Å².